The van der Waals surface area contributed by atoms with Crippen LogP contribution in [-0.4, -0.2) is 18.0 Å². The lowest BCUT2D eigenvalue weighted by Crippen LogP contribution is -2.45. The summed E-state index contributed by atoms with van der Waals surface area (Å²) in [7, 11) is 0. The molecule has 1 heterocycles. The van der Waals surface area contributed by atoms with Gasteiger partial charge in [0.1, 0.15) is 11.3 Å². The predicted octanol–water partition coefficient (Wildman–Crippen LogP) is 2.83. The Morgan fingerprint density at radius 3 is 2.27 bits per heavy atom. The van der Waals surface area contributed by atoms with E-state index in [0.29, 0.717) is 22.3 Å². The van der Waals surface area contributed by atoms with E-state index in [1.54, 1.807) is 42.5 Å². The van der Waals surface area contributed by atoms with Gasteiger partial charge in [0.2, 0.25) is 0 Å². The molecule has 4 rings (SSSR count). The van der Waals surface area contributed by atoms with Crippen molar-refractivity contribution in [1.29, 1.82) is 0 Å². The molecule has 1 N–H and O–H groups in total. The second-order valence-corrected chi connectivity index (χ2v) is 7.43. The summed E-state index contributed by atoms with van der Waals surface area (Å²) in [4.78, 5) is 36.2. The molecule has 4 aromatic rings. The van der Waals surface area contributed by atoms with Gasteiger partial charge < -0.3 is 24.4 Å². The van der Waals surface area contributed by atoms with Gasteiger partial charge in [-0.25, -0.2) is 4.79 Å². The van der Waals surface area contributed by atoms with E-state index in [4.69, 9.17) is 9.15 Å². The molecule has 0 saturated carbocycles. The molecule has 1 amide bonds. The maximum absolute atomic E-state index is 12.6. The highest BCUT2D eigenvalue weighted by molar-refractivity contribution is 5.94. The zero-order chi connectivity index (χ0) is 23.4. The zero-order valence-corrected chi connectivity index (χ0v) is 17.7. The summed E-state index contributed by atoms with van der Waals surface area (Å²) in [5, 5.41) is 14.7. The highest BCUT2D eigenvalue weighted by Crippen LogP contribution is 2.30. The number of amides is 1. The van der Waals surface area contributed by atoms with Gasteiger partial charge in [0.25, 0.3) is 5.91 Å². The van der Waals surface area contributed by atoms with E-state index in [2.05, 4.69) is 5.32 Å². The molecule has 0 bridgehead atoms. The van der Waals surface area contributed by atoms with Crippen LogP contribution >= 0.6 is 0 Å². The van der Waals surface area contributed by atoms with Gasteiger partial charge in [-0.1, -0.05) is 60.7 Å². The SMILES string of the molecule is CC(Oc1ccc2c(-c3ccccc3)cc(=O)oc2c1)C(=O)NC(C(=O)[O-])c1ccccc1. The molecular formula is C26H20NO6-. The minimum Gasteiger partial charge on any atom is -0.548 e. The molecule has 0 spiro atoms. The summed E-state index contributed by atoms with van der Waals surface area (Å²) in [6.07, 6.45) is -1.02. The maximum Gasteiger partial charge on any atom is 0.336 e. The largest absolute Gasteiger partial charge is 0.548 e. The highest BCUT2D eigenvalue weighted by Gasteiger charge is 2.21. The van der Waals surface area contributed by atoms with Crippen molar-refractivity contribution in [2.45, 2.75) is 19.1 Å². The van der Waals surface area contributed by atoms with Crippen molar-refractivity contribution in [2.24, 2.45) is 0 Å². The van der Waals surface area contributed by atoms with E-state index in [-0.39, 0.29) is 0 Å². The molecule has 2 atom stereocenters. The van der Waals surface area contributed by atoms with Gasteiger partial charge in [0.05, 0.1) is 12.0 Å². The fourth-order valence-electron chi connectivity index (χ4n) is 3.51. The van der Waals surface area contributed by atoms with Crippen LogP contribution in [0.15, 0.2) is 94.1 Å². The fraction of sp³-hybridized carbons (Fsp3) is 0.115. The summed E-state index contributed by atoms with van der Waals surface area (Å²) >= 11 is 0. The first kappa shape index (κ1) is 21.8. The van der Waals surface area contributed by atoms with Gasteiger partial charge in [0.15, 0.2) is 6.10 Å². The third-order valence-electron chi connectivity index (χ3n) is 5.14. The Hall–Kier alpha value is -4.39. The molecule has 0 radical (unpaired) electrons. The molecule has 33 heavy (non-hydrogen) atoms. The van der Waals surface area contributed by atoms with Gasteiger partial charge >= 0.3 is 5.63 Å². The number of nitrogens with one attached hydrogen (secondary N) is 1. The van der Waals surface area contributed by atoms with Gasteiger partial charge in [-0.3, -0.25) is 4.79 Å². The normalized spacial score (nSPS) is 12.6. The van der Waals surface area contributed by atoms with Crippen LogP contribution in [0.4, 0.5) is 0 Å². The molecule has 3 aromatic carbocycles. The van der Waals surface area contributed by atoms with Crippen LogP contribution in [-0.2, 0) is 9.59 Å². The number of aliphatic carboxylic acids is 1. The third kappa shape index (κ3) is 4.93. The second kappa shape index (κ2) is 9.40. The lowest BCUT2D eigenvalue weighted by molar-refractivity contribution is -0.308. The van der Waals surface area contributed by atoms with Gasteiger partial charge in [0, 0.05) is 17.5 Å². The van der Waals surface area contributed by atoms with Crippen molar-refractivity contribution in [2.75, 3.05) is 0 Å². The first-order chi connectivity index (χ1) is 15.9. The summed E-state index contributed by atoms with van der Waals surface area (Å²) in [6, 6.07) is 22.7. The number of ether oxygens (including phenoxy) is 1. The number of fused-ring (bicyclic) bond motifs is 1. The van der Waals surface area contributed by atoms with Crippen molar-refractivity contribution >= 4 is 22.8 Å². The number of carboxylic acids is 1. The molecular weight excluding hydrogens is 422 g/mol. The van der Waals surface area contributed by atoms with Crippen molar-refractivity contribution in [3.05, 3.63) is 101 Å². The maximum atomic E-state index is 12.6. The van der Waals surface area contributed by atoms with Crippen LogP contribution in [0.3, 0.4) is 0 Å². The summed E-state index contributed by atoms with van der Waals surface area (Å²) in [6.45, 7) is 1.49. The Balaban J connectivity index is 1.55. The third-order valence-corrected chi connectivity index (χ3v) is 5.14. The number of carbonyl (C=O) groups excluding carboxylic acids is 2. The molecule has 2 unspecified atom stereocenters. The van der Waals surface area contributed by atoms with E-state index in [1.807, 2.05) is 30.3 Å². The van der Waals surface area contributed by atoms with Crippen LogP contribution in [0.1, 0.15) is 18.5 Å². The Kier molecular flexibility index (Phi) is 6.22. The standard InChI is InChI=1S/C26H21NO6/c1-16(25(29)27-24(26(30)31)18-10-6-3-7-11-18)32-19-12-13-20-21(17-8-4-2-5-9-17)15-23(28)33-22(20)14-19/h2-16,24H,1H3,(H,27,29)(H,30,31)/p-1. The Morgan fingerprint density at radius 2 is 1.61 bits per heavy atom. The molecule has 7 nitrogen and oxygen atoms in total. The smallest absolute Gasteiger partial charge is 0.336 e. The summed E-state index contributed by atoms with van der Waals surface area (Å²) < 4.78 is 11.0. The van der Waals surface area contributed by atoms with Crippen LogP contribution < -0.4 is 20.8 Å². The molecule has 0 fully saturated rings. The summed E-state index contributed by atoms with van der Waals surface area (Å²) in [5.41, 5.74) is 1.77. The van der Waals surface area contributed by atoms with Gasteiger partial charge in [-0.05, 0) is 35.7 Å². The Bertz CT molecular complexity index is 1350. The molecule has 1 aromatic heterocycles. The van der Waals surface area contributed by atoms with Crippen LogP contribution in [0.5, 0.6) is 5.75 Å². The minimum absolute atomic E-state index is 0.295. The summed E-state index contributed by atoms with van der Waals surface area (Å²) in [5.74, 6) is -1.77. The topological polar surface area (TPSA) is 109 Å². The van der Waals surface area contributed by atoms with E-state index < -0.39 is 29.6 Å². The monoisotopic (exact) mass is 442 g/mol. The van der Waals surface area contributed by atoms with E-state index in [0.717, 1.165) is 11.1 Å². The first-order valence-electron chi connectivity index (χ1n) is 10.3. The van der Waals surface area contributed by atoms with Crippen LogP contribution in [0.2, 0.25) is 0 Å². The Morgan fingerprint density at radius 1 is 0.939 bits per heavy atom. The lowest BCUT2D eigenvalue weighted by Gasteiger charge is -2.22. The van der Waals surface area contributed by atoms with Crippen molar-refractivity contribution in [3.8, 4) is 16.9 Å². The second-order valence-electron chi connectivity index (χ2n) is 7.43. The number of rotatable bonds is 7. The highest BCUT2D eigenvalue weighted by atomic mass is 16.5. The molecule has 166 valence electrons. The first-order valence-corrected chi connectivity index (χ1v) is 10.3. The fourth-order valence-corrected chi connectivity index (χ4v) is 3.51. The van der Waals surface area contributed by atoms with E-state index in [1.165, 1.54) is 19.1 Å². The Labute approximate surface area is 189 Å². The molecule has 0 saturated heterocycles. The molecule has 7 heteroatoms. The average molecular weight is 442 g/mol. The van der Waals surface area contributed by atoms with E-state index >= 15 is 0 Å². The zero-order valence-electron chi connectivity index (χ0n) is 17.7. The van der Waals surface area contributed by atoms with Crippen molar-refractivity contribution < 1.29 is 23.8 Å². The number of hydrogen-bond donors (Lipinski definition) is 1. The number of carbonyl (C=O) groups is 2. The predicted molar refractivity (Wildman–Crippen MR) is 120 cm³/mol. The van der Waals surface area contributed by atoms with Crippen LogP contribution in [0, 0.1) is 0 Å². The molecule has 0 aliphatic carbocycles. The van der Waals surface area contributed by atoms with E-state index in [9.17, 15) is 19.5 Å². The number of benzene rings is 3. The quantitative estimate of drug-likeness (QED) is 0.441. The average Bonchev–Trinajstić information content (AvgIpc) is 2.82. The number of hydrogen-bond acceptors (Lipinski definition) is 6. The van der Waals surface area contributed by atoms with Crippen molar-refractivity contribution in [1.82, 2.24) is 5.32 Å². The van der Waals surface area contributed by atoms with Gasteiger partial charge in [-0.2, -0.15) is 0 Å². The molecule has 0 aliphatic heterocycles. The van der Waals surface area contributed by atoms with Crippen LogP contribution in [0.25, 0.3) is 22.1 Å². The molecule has 0 aliphatic rings. The van der Waals surface area contributed by atoms with Crippen molar-refractivity contribution in [3.63, 3.8) is 0 Å². The van der Waals surface area contributed by atoms with Gasteiger partial charge in [-0.15, -0.1) is 0 Å². The lowest BCUT2D eigenvalue weighted by atomic mass is 10.0. The number of carboxylic acid groups (broad SMARTS) is 1. The minimum atomic E-state index is -1.43.